The van der Waals surface area contributed by atoms with Crippen molar-refractivity contribution in [3.63, 3.8) is 0 Å². The third-order valence-electron chi connectivity index (χ3n) is 8.17. The van der Waals surface area contributed by atoms with Crippen LogP contribution in [0.5, 0.6) is 5.75 Å². The second-order valence-corrected chi connectivity index (χ2v) is 12.0. The van der Waals surface area contributed by atoms with E-state index in [1.807, 2.05) is 50.2 Å². The number of hydrogen-bond donors (Lipinski definition) is 3. The SMILES string of the molecule is C[C@H](CO)N1C[C@H](C)[C@H](CN(C)C(=O)Nc2ccccc2)OCCCC[C@H](C)Oc2ccc(NC(=O)c3ccccc3)cc2C1=O. The molecule has 10 nitrogen and oxygen atoms in total. The number of nitrogens with zero attached hydrogens (tertiary/aromatic N) is 2. The molecule has 4 rings (SSSR count). The predicted octanol–water partition coefficient (Wildman–Crippen LogP) is 5.90. The summed E-state index contributed by atoms with van der Waals surface area (Å²) in [6, 6.07) is 22.4. The highest BCUT2D eigenvalue weighted by Crippen LogP contribution is 2.29. The molecule has 0 aromatic heterocycles. The van der Waals surface area contributed by atoms with E-state index in [1.165, 1.54) is 0 Å². The summed E-state index contributed by atoms with van der Waals surface area (Å²) in [7, 11) is 1.72. The van der Waals surface area contributed by atoms with Gasteiger partial charge < -0.3 is 35.0 Å². The fraction of sp³-hybridized carbons (Fsp3) is 0.417. The van der Waals surface area contributed by atoms with E-state index in [0.717, 1.165) is 19.3 Å². The molecule has 4 amide bonds. The summed E-state index contributed by atoms with van der Waals surface area (Å²) in [6.45, 7) is 6.55. The van der Waals surface area contributed by atoms with Crippen molar-refractivity contribution in [1.82, 2.24) is 9.80 Å². The van der Waals surface area contributed by atoms with Crippen molar-refractivity contribution in [3.8, 4) is 5.75 Å². The van der Waals surface area contributed by atoms with Crippen LogP contribution in [0.15, 0.2) is 78.9 Å². The van der Waals surface area contributed by atoms with Gasteiger partial charge in [0.1, 0.15) is 5.75 Å². The van der Waals surface area contributed by atoms with Crippen LogP contribution in [0.1, 0.15) is 60.7 Å². The number of benzene rings is 3. The predicted molar refractivity (Wildman–Crippen MR) is 179 cm³/mol. The molecule has 3 aromatic rings. The summed E-state index contributed by atoms with van der Waals surface area (Å²) in [5.74, 6) is -0.410. The van der Waals surface area contributed by atoms with Gasteiger partial charge in [0, 0.05) is 49.6 Å². The van der Waals surface area contributed by atoms with Gasteiger partial charge >= 0.3 is 6.03 Å². The average Bonchev–Trinajstić information content (AvgIpc) is 3.06. The molecule has 0 spiro atoms. The zero-order chi connectivity index (χ0) is 33.1. The first kappa shape index (κ1) is 34.5. The first-order valence-corrected chi connectivity index (χ1v) is 15.9. The molecule has 10 heteroatoms. The van der Waals surface area contributed by atoms with Crippen LogP contribution >= 0.6 is 0 Å². The van der Waals surface area contributed by atoms with Crippen LogP contribution in [0.25, 0.3) is 0 Å². The number of nitrogens with one attached hydrogen (secondary N) is 2. The molecular formula is C36H46N4O6. The monoisotopic (exact) mass is 630 g/mol. The molecule has 0 saturated carbocycles. The minimum Gasteiger partial charge on any atom is -0.490 e. The summed E-state index contributed by atoms with van der Waals surface area (Å²) in [4.78, 5) is 43.4. The van der Waals surface area contributed by atoms with Crippen molar-refractivity contribution < 1.29 is 29.0 Å². The minimum absolute atomic E-state index is 0.175. The van der Waals surface area contributed by atoms with E-state index in [1.54, 1.807) is 66.2 Å². The molecule has 0 saturated heterocycles. The summed E-state index contributed by atoms with van der Waals surface area (Å²) in [5.41, 5.74) is 1.94. The zero-order valence-electron chi connectivity index (χ0n) is 27.1. The number of hydrogen-bond acceptors (Lipinski definition) is 6. The smallest absolute Gasteiger partial charge is 0.321 e. The highest BCUT2D eigenvalue weighted by atomic mass is 16.5. The van der Waals surface area contributed by atoms with E-state index >= 15 is 0 Å². The number of carbonyl (C=O) groups is 3. The summed E-state index contributed by atoms with van der Waals surface area (Å²) < 4.78 is 12.6. The largest absolute Gasteiger partial charge is 0.490 e. The Kier molecular flexibility index (Phi) is 12.6. The molecule has 1 heterocycles. The van der Waals surface area contributed by atoms with E-state index in [9.17, 15) is 19.5 Å². The lowest BCUT2D eigenvalue weighted by Crippen LogP contribution is -2.48. The van der Waals surface area contributed by atoms with Crippen LogP contribution < -0.4 is 15.4 Å². The van der Waals surface area contributed by atoms with Crippen molar-refractivity contribution in [1.29, 1.82) is 0 Å². The Morgan fingerprint density at radius 3 is 2.37 bits per heavy atom. The van der Waals surface area contributed by atoms with Crippen LogP contribution in [0.4, 0.5) is 16.2 Å². The van der Waals surface area contributed by atoms with Crippen molar-refractivity contribution in [2.24, 2.45) is 5.92 Å². The second kappa shape index (κ2) is 16.8. The quantitative estimate of drug-likeness (QED) is 0.299. The minimum atomic E-state index is -0.518. The van der Waals surface area contributed by atoms with Gasteiger partial charge in [0.2, 0.25) is 0 Å². The van der Waals surface area contributed by atoms with Crippen LogP contribution in [0.2, 0.25) is 0 Å². The molecule has 3 N–H and O–H groups in total. The fourth-order valence-electron chi connectivity index (χ4n) is 5.35. The van der Waals surface area contributed by atoms with Crippen LogP contribution in [-0.4, -0.2) is 84.4 Å². The van der Waals surface area contributed by atoms with Gasteiger partial charge in [-0.15, -0.1) is 0 Å². The van der Waals surface area contributed by atoms with Crippen molar-refractivity contribution in [3.05, 3.63) is 90.0 Å². The molecular weight excluding hydrogens is 584 g/mol. The average molecular weight is 631 g/mol. The van der Waals surface area contributed by atoms with E-state index in [0.29, 0.717) is 41.4 Å². The maximum absolute atomic E-state index is 14.3. The number of ether oxygens (including phenoxy) is 2. The topological polar surface area (TPSA) is 120 Å². The van der Waals surface area contributed by atoms with Gasteiger partial charge in [0.25, 0.3) is 11.8 Å². The third-order valence-corrected chi connectivity index (χ3v) is 8.17. The molecule has 0 aliphatic carbocycles. The van der Waals surface area contributed by atoms with E-state index in [-0.39, 0.29) is 49.1 Å². The molecule has 0 fully saturated rings. The van der Waals surface area contributed by atoms with E-state index in [4.69, 9.17) is 9.47 Å². The molecule has 0 unspecified atom stereocenters. The van der Waals surface area contributed by atoms with Gasteiger partial charge in [-0.25, -0.2) is 4.79 Å². The first-order chi connectivity index (χ1) is 22.2. The Morgan fingerprint density at radius 2 is 1.67 bits per heavy atom. The number of rotatable bonds is 7. The Hall–Kier alpha value is -4.41. The molecule has 3 aromatic carbocycles. The van der Waals surface area contributed by atoms with Crippen LogP contribution in [-0.2, 0) is 4.74 Å². The number of para-hydroxylation sites is 1. The maximum atomic E-state index is 14.3. The maximum Gasteiger partial charge on any atom is 0.321 e. The number of anilines is 2. The van der Waals surface area contributed by atoms with E-state index in [2.05, 4.69) is 10.6 Å². The molecule has 1 aliphatic rings. The molecule has 0 radical (unpaired) electrons. The Bertz CT molecular complexity index is 1440. The highest BCUT2D eigenvalue weighted by Gasteiger charge is 2.31. The third kappa shape index (κ3) is 9.55. The van der Waals surface area contributed by atoms with Gasteiger partial charge in [-0.1, -0.05) is 43.3 Å². The number of amides is 4. The number of aliphatic hydroxyl groups is 1. The van der Waals surface area contributed by atoms with Gasteiger partial charge in [-0.3, -0.25) is 9.59 Å². The lowest BCUT2D eigenvalue weighted by Gasteiger charge is -2.35. The number of aliphatic hydroxyl groups excluding tert-OH is 1. The number of likely N-dealkylation sites (N-methyl/N-ethyl adjacent to an activating group) is 1. The van der Waals surface area contributed by atoms with Crippen LogP contribution in [0.3, 0.4) is 0 Å². The standard InChI is InChI=1S/C36H46N4O6/c1-25-22-40(26(2)24-41)35(43)31-21-30(37-34(42)28-14-7-5-8-15-28)18-19-32(31)46-27(3)13-11-12-20-45-33(25)23-39(4)36(44)38-29-16-9-6-10-17-29/h5-10,14-19,21,25-27,33,41H,11-13,20,22-24H2,1-4H3,(H,37,42)(H,38,44)/t25-,26+,27-,33-/m0/s1. The van der Waals surface area contributed by atoms with Crippen molar-refractivity contribution >= 4 is 29.2 Å². The van der Waals surface area contributed by atoms with Crippen molar-refractivity contribution in [2.75, 3.05) is 44.0 Å². The van der Waals surface area contributed by atoms with Crippen LogP contribution in [0, 0.1) is 5.92 Å². The molecule has 1 aliphatic heterocycles. The number of urea groups is 1. The Balaban J connectivity index is 1.60. The van der Waals surface area contributed by atoms with Crippen molar-refractivity contribution in [2.45, 2.75) is 58.3 Å². The van der Waals surface area contributed by atoms with Gasteiger partial charge in [0.15, 0.2) is 0 Å². The fourth-order valence-corrected chi connectivity index (χ4v) is 5.35. The van der Waals surface area contributed by atoms with E-state index < -0.39 is 6.04 Å². The molecule has 4 atom stereocenters. The lowest BCUT2D eigenvalue weighted by atomic mass is 10.0. The van der Waals surface area contributed by atoms with Gasteiger partial charge in [0.05, 0.1) is 30.4 Å². The molecule has 46 heavy (non-hydrogen) atoms. The number of fused-ring (bicyclic) bond motifs is 1. The zero-order valence-corrected chi connectivity index (χ0v) is 27.1. The molecule has 0 bridgehead atoms. The Labute approximate surface area is 271 Å². The highest BCUT2D eigenvalue weighted by molar-refractivity contribution is 6.05. The first-order valence-electron chi connectivity index (χ1n) is 15.9. The van der Waals surface area contributed by atoms with Gasteiger partial charge in [-0.2, -0.15) is 0 Å². The summed E-state index contributed by atoms with van der Waals surface area (Å²) in [5, 5.41) is 16.0. The Morgan fingerprint density at radius 1 is 0.978 bits per heavy atom. The second-order valence-electron chi connectivity index (χ2n) is 12.0. The summed E-state index contributed by atoms with van der Waals surface area (Å²) in [6.07, 6.45) is 1.86. The normalized spacial score (nSPS) is 20.0. The summed E-state index contributed by atoms with van der Waals surface area (Å²) >= 11 is 0. The lowest BCUT2D eigenvalue weighted by molar-refractivity contribution is -0.0115. The van der Waals surface area contributed by atoms with Gasteiger partial charge in [-0.05, 0) is 75.6 Å². The molecule has 246 valence electrons. The number of carbonyl (C=O) groups excluding carboxylic acids is 3.